The monoisotopic (exact) mass is 335 g/mol. The van der Waals surface area contributed by atoms with Crippen LogP contribution in [0.15, 0.2) is 24.3 Å². The van der Waals surface area contributed by atoms with Gasteiger partial charge < -0.3 is 25.4 Å². The minimum absolute atomic E-state index is 0.0279. The van der Waals surface area contributed by atoms with Crippen LogP contribution in [0.4, 0.5) is 10.5 Å². The molecule has 0 bridgehead atoms. The average molecular weight is 335 g/mol. The Bertz CT molecular complexity index is 541. The van der Waals surface area contributed by atoms with E-state index in [9.17, 15) is 9.59 Å². The first-order chi connectivity index (χ1) is 11.6. The Labute approximate surface area is 142 Å². The Balaban J connectivity index is 1.74. The topological polar surface area (TPSA) is 88.7 Å². The summed E-state index contributed by atoms with van der Waals surface area (Å²) in [6, 6.07) is 6.73. The van der Waals surface area contributed by atoms with E-state index in [4.69, 9.17) is 9.47 Å². The van der Waals surface area contributed by atoms with Gasteiger partial charge in [-0.2, -0.15) is 0 Å². The van der Waals surface area contributed by atoms with Crippen molar-refractivity contribution in [3.63, 3.8) is 0 Å². The number of ether oxygens (including phenoxy) is 2. The molecule has 0 radical (unpaired) electrons. The molecule has 1 aromatic carbocycles. The summed E-state index contributed by atoms with van der Waals surface area (Å²) in [7, 11) is 1.59. The Morgan fingerprint density at radius 3 is 2.71 bits per heavy atom. The van der Waals surface area contributed by atoms with Crippen molar-refractivity contribution >= 4 is 17.6 Å². The number of carbonyl (C=O) groups is 2. The summed E-state index contributed by atoms with van der Waals surface area (Å²) in [5.41, 5.74) is 0.672. The lowest BCUT2D eigenvalue weighted by molar-refractivity contribution is -0.121. The van der Waals surface area contributed by atoms with Crippen molar-refractivity contribution in [3.05, 3.63) is 24.3 Å². The first-order valence-corrected chi connectivity index (χ1v) is 8.21. The van der Waals surface area contributed by atoms with Crippen molar-refractivity contribution in [2.24, 2.45) is 0 Å². The number of anilines is 1. The summed E-state index contributed by atoms with van der Waals surface area (Å²) in [5.74, 6) is 0.586. The Morgan fingerprint density at radius 2 is 2.08 bits per heavy atom. The maximum atomic E-state index is 12.0. The van der Waals surface area contributed by atoms with Gasteiger partial charge in [-0.1, -0.05) is 0 Å². The lowest BCUT2D eigenvalue weighted by atomic mass is 10.1. The van der Waals surface area contributed by atoms with Crippen LogP contribution in [-0.2, 0) is 9.53 Å². The van der Waals surface area contributed by atoms with Crippen molar-refractivity contribution in [2.45, 2.75) is 38.3 Å². The number of carbonyl (C=O) groups excluding carboxylic acids is 2. The van der Waals surface area contributed by atoms with Crippen LogP contribution in [0, 0.1) is 0 Å². The molecule has 24 heavy (non-hydrogen) atoms. The number of hydrogen-bond donors (Lipinski definition) is 3. The van der Waals surface area contributed by atoms with E-state index in [-0.39, 0.29) is 24.1 Å². The second kappa shape index (κ2) is 9.12. The number of benzene rings is 1. The normalized spacial score (nSPS) is 17.8. The zero-order valence-electron chi connectivity index (χ0n) is 14.1. The summed E-state index contributed by atoms with van der Waals surface area (Å²) in [4.78, 5) is 23.1. The van der Waals surface area contributed by atoms with E-state index in [1.165, 1.54) is 0 Å². The minimum atomic E-state index is -0.258. The molecule has 1 aromatic rings. The van der Waals surface area contributed by atoms with E-state index in [1.54, 1.807) is 31.3 Å². The zero-order chi connectivity index (χ0) is 17.4. The van der Waals surface area contributed by atoms with E-state index < -0.39 is 0 Å². The molecule has 7 heteroatoms. The van der Waals surface area contributed by atoms with Crippen molar-refractivity contribution in [1.82, 2.24) is 10.6 Å². The number of rotatable bonds is 7. The number of amides is 3. The predicted molar refractivity (Wildman–Crippen MR) is 91.2 cm³/mol. The molecule has 7 nitrogen and oxygen atoms in total. The van der Waals surface area contributed by atoms with Gasteiger partial charge in [0, 0.05) is 19.3 Å². The number of urea groups is 1. The molecule has 3 amide bonds. The second-order valence-electron chi connectivity index (χ2n) is 5.73. The maximum Gasteiger partial charge on any atom is 0.319 e. The van der Waals surface area contributed by atoms with E-state index in [2.05, 4.69) is 16.0 Å². The molecule has 0 aromatic heterocycles. The Hall–Kier alpha value is -2.28. The average Bonchev–Trinajstić information content (AvgIpc) is 3.11. The van der Waals surface area contributed by atoms with Crippen LogP contribution in [0.5, 0.6) is 5.75 Å². The van der Waals surface area contributed by atoms with E-state index in [1.807, 2.05) is 6.92 Å². The van der Waals surface area contributed by atoms with Gasteiger partial charge >= 0.3 is 6.03 Å². The van der Waals surface area contributed by atoms with Crippen LogP contribution >= 0.6 is 0 Å². The van der Waals surface area contributed by atoms with Gasteiger partial charge in [-0.25, -0.2) is 4.79 Å². The highest BCUT2D eigenvalue weighted by Gasteiger charge is 2.23. The zero-order valence-corrected chi connectivity index (χ0v) is 14.1. The molecule has 0 saturated carbocycles. The third-order valence-electron chi connectivity index (χ3n) is 3.87. The number of hydrogen-bond acceptors (Lipinski definition) is 4. The van der Waals surface area contributed by atoms with Crippen LogP contribution in [0.1, 0.15) is 26.2 Å². The summed E-state index contributed by atoms with van der Waals surface area (Å²) in [6.45, 7) is 3.02. The predicted octanol–water partition coefficient (Wildman–Crippen LogP) is 1.89. The fourth-order valence-electron chi connectivity index (χ4n) is 2.48. The highest BCUT2D eigenvalue weighted by molar-refractivity contribution is 5.89. The van der Waals surface area contributed by atoms with E-state index >= 15 is 0 Å². The van der Waals surface area contributed by atoms with Gasteiger partial charge in [0.2, 0.25) is 5.91 Å². The van der Waals surface area contributed by atoms with Gasteiger partial charge in [0.05, 0.1) is 25.2 Å². The highest BCUT2D eigenvalue weighted by atomic mass is 16.5. The molecule has 1 aliphatic heterocycles. The van der Waals surface area contributed by atoms with Crippen molar-refractivity contribution in [1.29, 1.82) is 0 Å². The third kappa shape index (κ3) is 5.73. The summed E-state index contributed by atoms with van der Waals surface area (Å²) >= 11 is 0. The van der Waals surface area contributed by atoms with Crippen LogP contribution in [-0.4, -0.2) is 44.3 Å². The summed E-state index contributed by atoms with van der Waals surface area (Å²) in [6.07, 6.45) is 2.41. The van der Waals surface area contributed by atoms with Gasteiger partial charge in [-0.15, -0.1) is 0 Å². The molecule has 3 N–H and O–H groups in total. The smallest absolute Gasteiger partial charge is 0.319 e. The highest BCUT2D eigenvalue weighted by Crippen LogP contribution is 2.17. The fraction of sp³-hybridized carbons (Fsp3) is 0.529. The molecule has 1 saturated heterocycles. The summed E-state index contributed by atoms with van der Waals surface area (Å²) in [5, 5.41) is 8.20. The lowest BCUT2D eigenvalue weighted by Gasteiger charge is -2.20. The molecule has 1 aliphatic rings. The Kier molecular flexibility index (Phi) is 6.87. The van der Waals surface area contributed by atoms with Crippen LogP contribution in [0.2, 0.25) is 0 Å². The van der Waals surface area contributed by atoms with Crippen molar-refractivity contribution in [2.75, 3.05) is 25.6 Å². The Morgan fingerprint density at radius 1 is 1.33 bits per heavy atom. The van der Waals surface area contributed by atoms with E-state index in [0.717, 1.165) is 19.4 Å². The SMILES string of the molecule is CNC(=O)CCOc1ccc(NC(=O)NC(C)C2CCCO2)cc1. The first-order valence-electron chi connectivity index (χ1n) is 8.21. The lowest BCUT2D eigenvalue weighted by Crippen LogP contribution is -2.42. The molecule has 2 atom stereocenters. The van der Waals surface area contributed by atoms with Crippen LogP contribution in [0.25, 0.3) is 0 Å². The molecular formula is C17H25N3O4. The molecule has 1 fully saturated rings. The van der Waals surface area contributed by atoms with Crippen LogP contribution in [0.3, 0.4) is 0 Å². The fourth-order valence-corrected chi connectivity index (χ4v) is 2.48. The summed E-state index contributed by atoms with van der Waals surface area (Å²) < 4.78 is 11.0. The van der Waals surface area contributed by atoms with Gasteiger partial charge in [0.1, 0.15) is 5.75 Å². The first kappa shape index (κ1) is 18.1. The van der Waals surface area contributed by atoms with Crippen molar-refractivity contribution < 1.29 is 19.1 Å². The molecule has 0 aliphatic carbocycles. The second-order valence-corrected chi connectivity index (χ2v) is 5.73. The van der Waals surface area contributed by atoms with Gasteiger partial charge in [-0.05, 0) is 44.0 Å². The van der Waals surface area contributed by atoms with Crippen LogP contribution < -0.4 is 20.7 Å². The quantitative estimate of drug-likeness (QED) is 0.710. The standard InChI is InChI=1S/C17H25N3O4/c1-12(15-4-3-10-24-15)19-17(22)20-13-5-7-14(8-6-13)23-11-9-16(21)18-2/h5-8,12,15H,3-4,9-11H2,1-2H3,(H,18,21)(H2,19,20,22). The largest absolute Gasteiger partial charge is 0.493 e. The number of nitrogens with one attached hydrogen (secondary N) is 3. The molecule has 2 unspecified atom stereocenters. The van der Waals surface area contributed by atoms with Gasteiger partial charge in [0.25, 0.3) is 0 Å². The third-order valence-corrected chi connectivity index (χ3v) is 3.87. The molecular weight excluding hydrogens is 310 g/mol. The van der Waals surface area contributed by atoms with Crippen molar-refractivity contribution in [3.8, 4) is 5.75 Å². The van der Waals surface area contributed by atoms with E-state index in [0.29, 0.717) is 24.5 Å². The van der Waals surface area contributed by atoms with Gasteiger partial charge in [0.15, 0.2) is 0 Å². The molecule has 0 spiro atoms. The molecule has 2 rings (SSSR count). The minimum Gasteiger partial charge on any atom is -0.493 e. The maximum absolute atomic E-state index is 12.0. The molecule has 1 heterocycles. The molecule has 132 valence electrons. The van der Waals surface area contributed by atoms with Gasteiger partial charge in [-0.3, -0.25) is 4.79 Å².